The van der Waals surface area contributed by atoms with Gasteiger partial charge in [-0.3, -0.25) is 10.1 Å². The minimum absolute atomic E-state index is 0.0462. The van der Waals surface area contributed by atoms with Crippen molar-refractivity contribution in [3.05, 3.63) is 51.6 Å². The van der Waals surface area contributed by atoms with E-state index in [1.807, 2.05) is 31.2 Å². The van der Waals surface area contributed by atoms with Gasteiger partial charge in [-0.1, -0.05) is 39.0 Å². The lowest BCUT2D eigenvalue weighted by atomic mass is 9.79. The molecule has 1 aliphatic carbocycles. The second kappa shape index (κ2) is 9.63. The van der Waals surface area contributed by atoms with E-state index in [-0.39, 0.29) is 34.6 Å². The van der Waals surface area contributed by atoms with Crippen LogP contribution in [0.3, 0.4) is 0 Å². The summed E-state index contributed by atoms with van der Waals surface area (Å²) in [5, 5.41) is 11.6. The summed E-state index contributed by atoms with van der Waals surface area (Å²) in [6, 6.07) is 7.72. The number of methoxy groups -OCH3 is 1. The normalized spacial score (nSPS) is 28.6. The molecule has 1 aliphatic heterocycles. The molecule has 32 heavy (non-hydrogen) atoms. The van der Waals surface area contributed by atoms with E-state index in [4.69, 9.17) is 18.6 Å². The highest BCUT2D eigenvalue weighted by Gasteiger charge is 2.51. The average Bonchev–Trinajstić information content (AvgIpc) is 2.69. The molecule has 1 saturated heterocycles. The number of fused-ring (bicyclic) bond motifs is 1. The van der Waals surface area contributed by atoms with Crippen LogP contribution in [0.25, 0.3) is 0 Å². The molecule has 1 fully saturated rings. The fraction of sp³-hybridized carbons (Fsp3) is 0.667. The molecule has 1 aromatic carbocycles. The molecule has 8 heteroatoms. The fourth-order valence-corrected chi connectivity index (χ4v) is 5.60. The maximum absolute atomic E-state index is 11.5. The Morgan fingerprint density at radius 2 is 1.84 bits per heavy atom. The van der Waals surface area contributed by atoms with Gasteiger partial charge in [-0.05, 0) is 54.7 Å². The summed E-state index contributed by atoms with van der Waals surface area (Å²) in [5.74, 6) is 0.578. The molecule has 0 amide bonds. The van der Waals surface area contributed by atoms with Crippen molar-refractivity contribution in [2.75, 3.05) is 13.7 Å². The third-order valence-electron chi connectivity index (χ3n) is 7.10. The minimum atomic E-state index is -2.07. The van der Waals surface area contributed by atoms with Gasteiger partial charge in [-0.2, -0.15) is 0 Å². The van der Waals surface area contributed by atoms with Crippen LogP contribution in [0.2, 0.25) is 18.1 Å². The first-order valence-corrected chi connectivity index (χ1v) is 14.2. The monoisotopic (exact) mass is 463 g/mol. The molecular weight excluding hydrogens is 426 g/mol. The number of nitro groups is 1. The van der Waals surface area contributed by atoms with Crippen LogP contribution in [0, 0.1) is 16.0 Å². The van der Waals surface area contributed by atoms with Gasteiger partial charge in [-0.25, -0.2) is 0 Å². The highest BCUT2D eigenvalue weighted by molar-refractivity contribution is 6.74. The standard InChI is InChI=1S/C24H37NO6Si/c1-16-8-13-19(31-32(6,7)24(2,3)4)22-20(15-25(26)27)29-21(30-23(16)22)14-17-9-11-18(28-5)12-10-17/h8-12,19-23H,13-15H2,1-7H3/t19-,20+,21+,22-,23-/m0/s1. The van der Waals surface area contributed by atoms with Crippen LogP contribution in [0.15, 0.2) is 35.9 Å². The predicted octanol–water partition coefficient (Wildman–Crippen LogP) is 4.98. The lowest BCUT2D eigenvalue weighted by Crippen LogP contribution is -2.58. The van der Waals surface area contributed by atoms with Gasteiger partial charge in [0.1, 0.15) is 11.9 Å². The molecule has 0 spiro atoms. The Balaban J connectivity index is 1.84. The highest BCUT2D eigenvalue weighted by atomic mass is 28.4. The maximum atomic E-state index is 11.5. The van der Waals surface area contributed by atoms with Crippen molar-refractivity contribution in [3.8, 4) is 5.75 Å². The highest BCUT2D eigenvalue weighted by Crippen LogP contribution is 2.43. The molecule has 0 saturated carbocycles. The number of ether oxygens (including phenoxy) is 3. The van der Waals surface area contributed by atoms with Crippen molar-refractivity contribution in [3.63, 3.8) is 0 Å². The van der Waals surface area contributed by atoms with Gasteiger partial charge in [0, 0.05) is 17.3 Å². The number of hydrogen-bond donors (Lipinski definition) is 0. The Morgan fingerprint density at radius 1 is 1.19 bits per heavy atom. The molecule has 5 atom stereocenters. The van der Waals surface area contributed by atoms with Crippen LogP contribution in [0.5, 0.6) is 5.75 Å². The van der Waals surface area contributed by atoms with E-state index >= 15 is 0 Å². The lowest BCUT2D eigenvalue weighted by Gasteiger charge is -2.49. The minimum Gasteiger partial charge on any atom is -0.497 e. The smallest absolute Gasteiger partial charge is 0.230 e. The lowest BCUT2D eigenvalue weighted by molar-refractivity contribution is -0.502. The number of benzene rings is 1. The van der Waals surface area contributed by atoms with Crippen molar-refractivity contribution >= 4 is 8.32 Å². The zero-order chi connectivity index (χ0) is 23.7. The SMILES string of the molecule is COc1ccc(C[C@@H]2O[C@H](C[N+](=O)[O-])[C@@H]3[C@@H](O[Si](C)(C)C(C)(C)C)CC=C(C)[C@@H]3O2)cc1. The van der Waals surface area contributed by atoms with Crippen molar-refractivity contribution in [1.29, 1.82) is 0 Å². The van der Waals surface area contributed by atoms with Crippen LogP contribution in [0.4, 0.5) is 0 Å². The maximum Gasteiger partial charge on any atom is 0.230 e. The number of hydrogen-bond acceptors (Lipinski definition) is 6. The van der Waals surface area contributed by atoms with Crippen molar-refractivity contribution in [2.24, 2.45) is 5.92 Å². The molecular formula is C24H37NO6Si. The third kappa shape index (κ3) is 5.59. The van der Waals surface area contributed by atoms with Crippen LogP contribution in [-0.4, -0.2) is 51.5 Å². The first-order valence-electron chi connectivity index (χ1n) is 11.3. The van der Waals surface area contributed by atoms with E-state index in [0.29, 0.717) is 6.42 Å². The van der Waals surface area contributed by atoms with Gasteiger partial charge in [-0.15, -0.1) is 0 Å². The Labute approximate surface area is 192 Å². The Hall–Kier alpha value is -1.74. The van der Waals surface area contributed by atoms with E-state index in [9.17, 15) is 10.1 Å². The van der Waals surface area contributed by atoms with E-state index in [0.717, 1.165) is 23.3 Å². The number of nitrogens with zero attached hydrogens (tertiary/aromatic N) is 1. The molecule has 2 aliphatic rings. The molecule has 0 radical (unpaired) electrons. The fourth-order valence-electron chi connectivity index (χ4n) is 4.23. The van der Waals surface area contributed by atoms with E-state index in [1.54, 1.807) is 7.11 Å². The molecule has 0 bridgehead atoms. The first kappa shape index (κ1) is 24.9. The van der Waals surface area contributed by atoms with Crippen molar-refractivity contribution in [1.82, 2.24) is 0 Å². The molecule has 0 unspecified atom stereocenters. The van der Waals surface area contributed by atoms with Gasteiger partial charge < -0.3 is 18.6 Å². The molecule has 0 N–H and O–H groups in total. The summed E-state index contributed by atoms with van der Waals surface area (Å²) < 4.78 is 24.6. The largest absolute Gasteiger partial charge is 0.497 e. The van der Waals surface area contributed by atoms with Gasteiger partial charge in [0.2, 0.25) is 6.54 Å². The average molecular weight is 464 g/mol. The predicted molar refractivity (Wildman–Crippen MR) is 126 cm³/mol. The van der Waals surface area contributed by atoms with Gasteiger partial charge in [0.05, 0.1) is 19.3 Å². The number of rotatable bonds is 7. The molecule has 3 rings (SSSR count). The Kier molecular flexibility index (Phi) is 7.49. The van der Waals surface area contributed by atoms with Gasteiger partial charge in [0.15, 0.2) is 14.6 Å². The van der Waals surface area contributed by atoms with Crippen molar-refractivity contribution < 1.29 is 23.6 Å². The van der Waals surface area contributed by atoms with Crippen LogP contribution < -0.4 is 4.74 Å². The second-order valence-electron chi connectivity index (χ2n) is 10.4. The molecule has 0 aromatic heterocycles. The van der Waals surface area contributed by atoms with Crippen LogP contribution in [0.1, 0.15) is 39.7 Å². The molecule has 7 nitrogen and oxygen atoms in total. The second-order valence-corrected chi connectivity index (χ2v) is 15.2. The summed E-state index contributed by atoms with van der Waals surface area (Å²) in [4.78, 5) is 11.3. The topological polar surface area (TPSA) is 80.1 Å². The molecule has 1 aromatic rings. The van der Waals surface area contributed by atoms with Gasteiger partial charge >= 0.3 is 0 Å². The zero-order valence-electron chi connectivity index (χ0n) is 20.3. The Bertz CT molecular complexity index is 832. The summed E-state index contributed by atoms with van der Waals surface area (Å²) in [6.45, 7) is 12.8. The first-order chi connectivity index (χ1) is 14.9. The summed E-state index contributed by atoms with van der Waals surface area (Å²) in [7, 11) is -0.439. The van der Waals surface area contributed by atoms with E-state index in [1.165, 1.54) is 0 Å². The summed E-state index contributed by atoms with van der Waals surface area (Å²) >= 11 is 0. The quantitative estimate of drug-likeness (QED) is 0.245. The van der Waals surface area contributed by atoms with Gasteiger partial charge in [0.25, 0.3) is 0 Å². The summed E-state index contributed by atoms with van der Waals surface area (Å²) in [6.07, 6.45) is 1.89. The third-order valence-corrected chi connectivity index (χ3v) is 11.6. The molecule has 1 heterocycles. The van der Waals surface area contributed by atoms with Crippen molar-refractivity contribution in [2.45, 2.75) is 83.3 Å². The van der Waals surface area contributed by atoms with E-state index in [2.05, 4.69) is 39.9 Å². The van der Waals surface area contributed by atoms with Crippen LogP contribution >= 0.6 is 0 Å². The molecule has 178 valence electrons. The summed E-state index contributed by atoms with van der Waals surface area (Å²) in [5.41, 5.74) is 2.13. The Morgan fingerprint density at radius 3 is 2.41 bits per heavy atom. The zero-order valence-corrected chi connectivity index (χ0v) is 21.3. The van der Waals surface area contributed by atoms with Crippen LogP contribution in [-0.2, 0) is 20.3 Å². The van der Waals surface area contributed by atoms with E-state index < -0.39 is 20.7 Å².